The molecule has 0 aromatic carbocycles. The molecule has 0 bridgehead atoms. The van der Waals surface area contributed by atoms with E-state index in [2.05, 4.69) is 47.6 Å². The van der Waals surface area contributed by atoms with Crippen LogP contribution in [0.25, 0.3) is 0 Å². The summed E-state index contributed by atoms with van der Waals surface area (Å²) in [6.45, 7) is 14.3. The second kappa shape index (κ2) is 10.5. The van der Waals surface area contributed by atoms with Crippen LogP contribution in [-0.4, -0.2) is 22.8 Å². The maximum Gasteiger partial charge on any atom is 0.139 e. The lowest BCUT2D eigenvalue weighted by Gasteiger charge is -2.61. The number of rotatable bonds is 0. The van der Waals surface area contributed by atoms with Gasteiger partial charge in [-0.1, -0.05) is 59.6 Å². The fourth-order valence-corrected chi connectivity index (χ4v) is 13.9. The molecule has 0 radical (unpaired) electrons. The van der Waals surface area contributed by atoms with E-state index in [-0.39, 0.29) is 16.9 Å². The second-order valence-corrected chi connectivity index (χ2v) is 18.6. The topological polar surface area (TPSA) is 54.4 Å². The average molecular weight is 591 g/mol. The minimum atomic E-state index is -0.255. The van der Waals surface area contributed by atoms with Crippen LogP contribution >= 0.6 is 0 Å². The molecule has 7 fully saturated rings. The van der Waals surface area contributed by atoms with E-state index in [0.717, 1.165) is 68.1 Å². The first-order chi connectivity index (χ1) is 20.3. The first-order valence-corrected chi connectivity index (χ1v) is 18.8. The number of carbonyl (C=O) groups is 2. The fourth-order valence-electron chi connectivity index (χ4n) is 13.9. The van der Waals surface area contributed by atoms with Gasteiger partial charge in [0.25, 0.3) is 0 Å². The molecule has 14 atom stereocenters. The van der Waals surface area contributed by atoms with Gasteiger partial charge >= 0.3 is 0 Å². The molecule has 0 aromatic rings. The summed E-state index contributed by atoms with van der Waals surface area (Å²) in [5.41, 5.74) is 2.33. The summed E-state index contributed by atoms with van der Waals surface area (Å²) in [5.74, 6) is 7.43. The Morgan fingerprint density at radius 3 is 2.07 bits per heavy atom. The highest BCUT2D eigenvalue weighted by Crippen LogP contribution is 2.66. The summed E-state index contributed by atoms with van der Waals surface area (Å²) >= 11 is 0. The summed E-state index contributed by atoms with van der Waals surface area (Å²) in [6.07, 6.45) is 21.4. The van der Waals surface area contributed by atoms with Gasteiger partial charge in [0.05, 0.1) is 6.10 Å². The van der Waals surface area contributed by atoms with Gasteiger partial charge in [0.15, 0.2) is 0 Å². The van der Waals surface area contributed by atoms with Crippen molar-refractivity contribution in [2.24, 2.45) is 74.9 Å². The average Bonchev–Trinajstić information content (AvgIpc) is 3.43. The zero-order chi connectivity index (χ0) is 30.5. The zero-order valence-corrected chi connectivity index (χ0v) is 28.4. The Morgan fingerprint density at radius 2 is 1.33 bits per heavy atom. The van der Waals surface area contributed by atoms with Gasteiger partial charge in [-0.2, -0.15) is 0 Å². The summed E-state index contributed by atoms with van der Waals surface area (Å²) in [6, 6.07) is 0. The van der Waals surface area contributed by atoms with Gasteiger partial charge in [0.1, 0.15) is 11.6 Å². The molecule has 0 saturated heterocycles. The van der Waals surface area contributed by atoms with Crippen LogP contribution in [0.2, 0.25) is 0 Å². The van der Waals surface area contributed by atoms with E-state index in [1.54, 1.807) is 5.57 Å². The van der Waals surface area contributed by atoms with Crippen molar-refractivity contribution in [1.82, 2.24) is 0 Å². The van der Waals surface area contributed by atoms with E-state index >= 15 is 0 Å². The number of aliphatic hydroxyl groups is 1. The molecule has 240 valence electrons. The van der Waals surface area contributed by atoms with Gasteiger partial charge in [-0.25, -0.2) is 0 Å². The van der Waals surface area contributed by atoms with Crippen LogP contribution in [0.15, 0.2) is 11.6 Å². The molecule has 8 aliphatic rings. The maximum absolute atomic E-state index is 12.4. The highest BCUT2D eigenvalue weighted by atomic mass is 16.3. The van der Waals surface area contributed by atoms with Crippen molar-refractivity contribution in [2.75, 3.05) is 0 Å². The summed E-state index contributed by atoms with van der Waals surface area (Å²) in [4.78, 5) is 24.8. The van der Waals surface area contributed by atoms with Crippen LogP contribution in [0, 0.1) is 74.9 Å². The van der Waals surface area contributed by atoms with Crippen molar-refractivity contribution in [1.29, 1.82) is 0 Å². The van der Waals surface area contributed by atoms with Crippen LogP contribution in [0.5, 0.6) is 0 Å². The lowest BCUT2D eigenvalue weighted by molar-refractivity contribution is -0.171. The molecule has 1 N–H and O–H groups in total. The Bertz CT molecular complexity index is 1170. The minimum Gasteiger partial charge on any atom is -0.393 e. The van der Waals surface area contributed by atoms with E-state index < -0.39 is 0 Å². The highest BCUT2D eigenvalue weighted by molar-refractivity contribution is 5.88. The SMILES string of the molecule is C[C@@H]1CC[C@@]2(C)[C@H](CC[C@@H]3[C@@H]2[C@@H](O)C[C@]2(C)C(=O)CC[C@@H]32)C1.C[C@@H]1CC[C@]2(C)C3=CC[C@]4(C)C(=O)CC[C@H]4[C@@H]3CC[C@@H]2C1. The van der Waals surface area contributed by atoms with E-state index in [0.29, 0.717) is 46.1 Å². The standard InChI is InChI=1S/C20H32O2.C20H30O/c1-12-8-9-19(2)13(10-12)4-5-14-15-6-7-17(22)20(15,3)11-16(21)18(14)19;1-13-8-10-19(2)14(12-13)4-5-15-16-6-7-18(21)20(16,3)11-9-17(15)19/h12-16,18,21H,4-11H2,1-3H3;9,13-16H,4-8,10-12H2,1-3H3/t12-,13-,14+,15+,16+,18-,19+,20+;13-,14-,15+,16+,19+,20+/m11/s1. The molecule has 3 heteroatoms. The smallest absolute Gasteiger partial charge is 0.139 e. The lowest BCUT2D eigenvalue weighted by atomic mass is 9.44. The highest BCUT2D eigenvalue weighted by Gasteiger charge is 2.63. The summed E-state index contributed by atoms with van der Waals surface area (Å²) in [7, 11) is 0. The van der Waals surface area contributed by atoms with Crippen molar-refractivity contribution in [3.05, 3.63) is 11.6 Å². The van der Waals surface area contributed by atoms with Crippen LogP contribution < -0.4 is 0 Å². The minimum absolute atomic E-state index is 0.0146. The van der Waals surface area contributed by atoms with Crippen molar-refractivity contribution in [2.45, 2.75) is 150 Å². The molecule has 0 aromatic heterocycles. The molecule has 0 heterocycles. The quantitative estimate of drug-likeness (QED) is 0.286. The Hall–Kier alpha value is -0.960. The van der Waals surface area contributed by atoms with Gasteiger partial charge in [-0.15, -0.1) is 0 Å². The molecule has 8 rings (SSSR count). The predicted octanol–water partition coefficient (Wildman–Crippen LogP) is 9.36. The first kappa shape index (κ1) is 30.7. The van der Waals surface area contributed by atoms with Crippen LogP contribution in [-0.2, 0) is 9.59 Å². The van der Waals surface area contributed by atoms with Crippen molar-refractivity contribution in [3.8, 4) is 0 Å². The van der Waals surface area contributed by atoms with Gasteiger partial charge in [0, 0.05) is 23.7 Å². The number of hydrogen-bond donors (Lipinski definition) is 1. The van der Waals surface area contributed by atoms with Crippen LogP contribution in [0.4, 0.5) is 0 Å². The molecule has 0 amide bonds. The number of carbonyl (C=O) groups excluding carboxylic acids is 2. The third-order valence-corrected chi connectivity index (χ3v) is 16.6. The molecular weight excluding hydrogens is 528 g/mol. The Balaban J connectivity index is 0.000000140. The van der Waals surface area contributed by atoms with Crippen LogP contribution in [0.1, 0.15) is 144 Å². The predicted molar refractivity (Wildman–Crippen MR) is 173 cm³/mol. The number of ketones is 2. The number of hydrogen-bond acceptors (Lipinski definition) is 3. The third kappa shape index (κ3) is 4.49. The molecule has 0 aliphatic heterocycles. The Labute approximate surface area is 262 Å². The van der Waals surface area contributed by atoms with E-state index in [1.807, 2.05) is 0 Å². The number of fused-ring (bicyclic) bond motifs is 10. The van der Waals surface area contributed by atoms with Gasteiger partial charge in [-0.3, -0.25) is 9.59 Å². The molecule has 3 nitrogen and oxygen atoms in total. The number of Topliss-reactive ketones (excluding diaryl/α,β-unsaturated/α-hetero) is 2. The van der Waals surface area contributed by atoms with Crippen LogP contribution in [0.3, 0.4) is 0 Å². The largest absolute Gasteiger partial charge is 0.393 e. The molecule has 8 aliphatic carbocycles. The monoisotopic (exact) mass is 590 g/mol. The Kier molecular flexibility index (Phi) is 7.51. The lowest BCUT2D eigenvalue weighted by Crippen LogP contribution is -2.58. The molecule has 7 saturated carbocycles. The van der Waals surface area contributed by atoms with Gasteiger partial charge < -0.3 is 5.11 Å². The molecule has 0 spiro atoms. The molecule has 0 unspecified atom stereocenters. The molecular formula is C40H62O3. The van der Waals surface area contributed by atoms with E-state index in [9.17, 15) is 14.7 Å². The van der Waals surface area contributed by atoms with Crippen molar-refractivity contribution >= 4 is 11.6 Å². The third-order valence-electron chi connectivity index (χ3n) is 16.6. The van der Waals surface area contributed by atoms with Crippen molar-refractivity contribution in [3.63, 3.8) is 0 Å². The maximum atomic E-state index is 12.4. The Morgan fingerprint density at radius 1 is 0.698 bits per heavy atom. The van der Waals surface area contributed by atoms with Gasteiger partial charge in [0.2, 0.25) is 0 Å². The first-order valence-electron chi connectivity index (χ1n) is 18.8. The number of allylic oxidation sites excluding steroid dienone is 2. The normalized spacial score (nSPS) is 55.4. The summed E-state index contributed by atoms with van der Waals surface area (Å²) < 4.78 is 0. The fraction of sp³-hybridized carbons (Fsp3) is 0.900. The van der Waals surface area contributed by atoms with Gasteiger partial charge in [-0.05, 0) is 148 Å². The van der Waals surface area contributed by atoms with E-state index in [1.165, 1.54) is 64.2 Å². The zero-order valence-electron chi connectivity index (χ0n) is 28.4. The number of aliphatic hydroxyl groups excluding tert-OH is 1. The van der Waals surface area contributed by atoms with E-state index in [4.69, 9.17) is 0 Å². The van der Waals surface area contributed by atoms with Crippen molar-refractivity contribution < 1.29 is 14.7 Å². The molecule has 43 heavy (non-hydrogen) atoms. The second-order valence-electron chi connectivity index (χ2n) is 18.6. The summed E-state index contributed by atoms with van der Waals surface area (Å²) in [5, 5.41) is 11.1.